The predicted octanol–water partition coefficient (Wildman–Crippen LogP) is 2.12. The standard InChI is InChI=1S/C17H17F3N6O4S2/c1-4-32(29,30)13-8-11(25-31(3,27)28)9-22-14(13)16-24-23-15(26(16)2)12-7-10(5-6-21-12)17(18,19)20/h5-9,25H,4H2,1-3H3. The van der Waals surface area contributed by atoms with Gasteiger partial charge in [-0.2, -0.15) is 13.2 Å². The van der Waals surface area contributed by atoms with E-state index < -0.39 is 31.6 Å². The summed E-state index contributed by atoms with van der Waals surface area (Å²) in [5, 5.41) is 7.75. The van der Waals surface area contributed by atoms with E-state index in [1.165, 1.54) is 18.5 Å². The fourth-order valence-electron chi connectivity index (χ4n) is 2.76. The lowest BCUT2D eigenvalue weighted by atomic mass is 10.2. The van der Waals surface area contributed by atoms with Crippen LogP contribution in [0.3, 0.4) is 0 Å². The highest BCUT2D eigenvalue weighted by atomic mass is 32.2. The summed E-state index contributed by atoms with van der Waals surface area (Å²) >= 11 is 0. The first-order chi connectivity index (χ1) is 14.7. The molecule has 0 aliphatic carbocycles. The molecule has 3 aromatic heterocycles. The highest BCUT2D eigenvalue weighted by molar-refractivity contribution is 7.92. The summed E-state index contributed by atoms with van der Waals surface area (Å²) < 4.78 is 90.8. The summed E-state index contributed by atoms with van der Waals surface area (Å²) in [5.41, 5.74) is -1.28. The average Bonchev–Trinajstić information content (AvgIpc) is 3.07. The van der Waals surface area contributed by atoms with Crippen LogP contribution in [0.1, 0.15) is 12.5 Å². The van der Waals surface area contributed by atoms with E-state index in [9.17, 15) is 30.0 Å². The third kappa shape index (κ3) is 4.88. The van der Waals surface area contributed by atoms with Crippen molar-refractivity contribution in [2.24, 2.45) is 7.05 Å². The van der Waals surface area contributed by atoms with Crippen LogP contribution in [0.2, 0.25) is 0 Å². The number of hydrogen-bond acceptors (Lipinski definition) is 8. The number of sulfonamides is 1. The van der Waals surface area contributed by atoms with Crippen molar-refractivity contribution >= 4 is 25.5 Å². The fourth-order valence-corrected chi connectivity index (χ4v) is 4.36. The van der Waals surface area contributed by atoms with Gasteiger partial charge in [-0.3, -0.25) is 9.71 Å². The number of hydrogen-bond donors (Lipinski definition) is 1. The Morgan fingerprint density at radius 2 is 1.72 bits per heavy atom. The zero-order valence-electron chi connectivity index (χ0n) is 16.9. The number of alkyl halides is 3. The number of nitrogens with zero attached hydrogens (tertiary/aromatic N) is 5. The minimum Gasteiger partial charge on any atom is -0.307 e. The molecule has 0 saturated heterocycles. The number of sulfone groups is 1. The molecule has 0 amide bonds. The lowest BCUT2D eigenvalue weighted by Gasteiger charge is -2.12. The Morgan fingerprint density at radius 3 is 2.31 bits per heavy atom. The van der Waals surface area contributed by atoms with Crippen molar-refractivity contribution in [2.45, 2.75) is 18.0 Å². The number of nitrogens with one attached hydrogen (secondary N) is 1. The Kier molecular flexibility index (Phi) is 5.99. The van der Waals surface area contributed by atoms with Crippen LogP contribution >= 0.6 is 0 Å². The molecule has 0 atom stereocenters. The van der Waals surface area contributed by atoms with Crippen molar-refractivity contribution < 1.29 is 30.0 Å². The molecule has 3 rings (SSSR count). The zero-order chi connectivity index (χ0) is 23.9. The van der Waals surface area contributed by atoms with Crippen molar-refractivity contribution in [3.63, 3.8) is 0 Å². The van der Waals surface area contributed by atoms with E-state index >= 15 is 0 Å². The second-order valence-corrected chi connectivity index (χ2v) is 10.7. The molecule has 172 valence electrons. The Bertz CT molecular complexity index is 1390. The molecule has 3 aromatic rings. The fraction of sp³-hybridized carbons (Fsp3) is 0.294. The smallest absolute Gasteiger partial charge is 0.307 e. The molecule has 0 aliphatic rings. The van der Waals surface area contributed by atoms with Gasteiger partial charge in [0, 0.05) is 13.2 Å². The van der Waals surface area contributed by atoms with E-state index in [0.717, 1.165) is 36.8 Å². The second-order valence-electron chi connectivity index (χ2n) is 6.68. The summed E-state index contributed by atoms with van der Waals surface area (Å²) in [6.07, 6.45) is -1.62. The Labute approximate surface area is 181 Å². The number of aromatic nitrogens is 5. The molecule has 3 heterocycles. The van der Waals surface area contributed by atoms with Crippen molar-refractivity contribution in [3.05, 3.63) is 36.2 Å². The number of anilines is 1. The molecule has 10 nitrogen and oxygen atoms in total. The number of rotatable bonds is 6. The van der Waals surface area contributed by atoms with Gasteiger partial charge in [-0.05, 0) is 18.2 Å². The van der Waals surface area contributed by atoms with Crippen LogP contribution in [0.5, 0.6) is 0 Å². The molecular formula is C17H17F3N6O4S2. The highest BCUT2D eigenvalue weighted by Gasteiger charge is 2.31. The molecule has 15 heteroatoms. The summed E-state index contributed by atoms with van der Waals surface area (Å²) in [6, 6.07) is 2.70. The van der Waals surface area contributed by atoms with E-state index in [0.29, 0.717) is 0 Å². The van der Waals surface area contributed by atoms with E-state index in [4.69, 9.17) is 0 Å². The topological polar surface area (TPSA) is 137 Å². The van der Waals surface area contributed by atoms with Crippen LogP contribution in [0.25, 0.3) is 23.0 Å². The number of pyridine rings is 2. The molecule has 0 bridgehead atoms. The summed E-state index contributed by atoms with van der Waals surface area (Å²) in [5.74, 6) is -0.424. The van der Waals surface area contributed by atoms with Crippen LogP contribution in [0.15, 0.2) is 35.5 Å². The monoisotopic (exact) mass is 490 g/mol. The van der Waals surface area contributed by atoms with Gasteiger partial charge < -0.3 is 4.57 Å². The van der Waals surface area contributed by atoms with Crippen LogP contribution in [0.4, 0.5) is 18.9 Å². The molecule has 0 unspecified atom stereocenters. The Hall–Kier alpha value is -3.07. The van der Waals surface area contributed by atoms with Crippen molar-refractivity contribution in [3.8, 4) is 23.0 Å². The summed E-state index contributed by atoms with van der Waals surface area (Å²) in [4.78, 5) is 7.62. The second kappa shape index (κ2) is 8.12. The van der Waals surface area contributed by atoms with E-state index in [1.54, 1.807) is 0 Å². The van der Waals surface area contributed by atoms with Gasteiger partial charge in [0.25, 0.3) is 0 Å². The summed E-state index contributed by atoms with van der Waals surface area (Å²) in [7, 11) is -6.18. The van der Waals surface area contributed by atoms with Gasteiger partial charge in [-0.25, -0.2) is 21.8 Å². The maximum absolute atomic E-state index is 13.0. The molecule has 0 saturated carbocycles. The summed E-state index contributed by atoms with van der Waals surface area (Å²) in [6.45, 7) is 1.39. The molecule has 0 fully saturated rings. The van der Waals surface area contributed by atoms with E-state index in [2.05, 4.69) is 24.9 Å². The highest BCUT2D eigenvalue weighted by Crippen LogP contribution is 2.32. The normalized spacial score (nSPS) is 12.7. The van der Waals surface area contributed by atoms with Gasteiger partial charge in [0.2, 0.25) is 10.0 Å². The predicted molar refractivity (Wildman–Crippen MR) is 109 cm³/mol. The van der Waals surface area contributed by atoms with Gasteiger partial charge in [0.05, 0.1) is 34.4 Å². The third-order valence-corrected chi connectivity index (χ3v) is 6.62. The van der Waals surface area contributed by atoms with E-state index in [-0.39, 0.29) is 39.4 Å². The molecule has 0 spiro atoms. The van der Waals surface area contributed by atoms with Crippen molar-refractivity contribution in [1.29, 1.82) is 0 Å². The van der Waals surface area contributed by atoms with Crippen molar-refractivity contribution in [1.82, 2.24) is 24.7 Å². The maximum Gasteiger partial charge on any atom is 0.416 e. The van der Waals surface area contributed by atoms with Crippen LogP contribution in [-0.2, 0) is 33.1 Å². The first-order valence-corrected chi connectivity index (χ1v) is 12.4. The quantitative estimate of drug-likeness (QED) is 0.555. The van der Waals surface area contributed by atoms with Gasteiger partial charge in [-0.1, -0.05) is 6.92 Å². The average molecular weight is 490 g/mol. The van der Waals surface area contributed by atoms with Gasteiger partial charge >= 0.3 is 6.18 Å². The zero-order valence-corrected chi connectivity index (χ0v) is 18.5. The van der Waals surface area contributed by atoms with Crippen LogP contribution in [-0.4, -0.2) is 53.6 Å². The first kappa shape index (κ1) is 23.6. The van der Waals surface area contributed by atoms with Crippen LogP contribution < -0.4 is 4.72 Å². The van der Waals surface area contributed by atoms with Crippen LogP contribution in [0, 0.1) is 0 Å². The molecule has 0 aromatic carbocycles. The largest absolute Gasteiger partial charge is 0.416 e. The third-order valence-electron chi connectivity index (χ3n) is 4.27. The molecular weight excluding hydrogens is 473 g/mol. The lowest BCUT2D eigenvalue weighted by Crippen LogP contribution is -2.13. The molecule has 1 N–H and O–H groups in total. The molecule has 0 aliphatic heterocycles. The van der Waals surface area contributed by atoms with Gasteiger partial charge in [0.15, 0.2) is 21.5 Å². The van der Waals surface area contributed by atoms with E-state index in [1.807, 2.05) is 0 Å². The van der Waals surface area contributed by atoms with Gasteiger partial charge in [0.1, 0.15) is 11.4 Å². The SMILES string of the molecule is CCS(=O)(=O)c1cc(NS(C)(=O)=O)cnc1-c1nnc(-c2cc(C(F)(F)F)ccn2)n1C. The first-order valence-electron chi connectivity index (χ1n) is 8.87. The Balaban J connectivity index is 2.17. The minimum absolute atomic E-state index is 0.0499. The van der Waals surface area contributed by atoms with Crippen molar-refractivity contribution in [2.75, 3.05) is 16.7 Å². The number of halogens is 3. The lowest BCUT2D eigenvalue weighted by molar-refractivity contribution is -0.137. The molecule has 32 heavy (non-hydrogen) atoms. The van der Waals surface area contributed by atoms with Gasteiger partial charge in [-0.15, -0.1) is 10.2 Å². The minimum atomic E-state index is -4.59. The maximum atomic E-state index is 13.0. The molecule has 0 radical (unpaired) electrons. The Morgan fingerprint density at radius 1 is 1.06 bits per heavy atom.